The molecule has 7 nitrogen and oxygen atoms in total. The molecule has 146 valence electrons. The first-order valence-corrected chi connectivity index (χ1v) is 8.69. The molecule has 0 spiro atoms. The summed E-state index contributed by atoms with van der Waals surface area (Å²) in [6, 6.07) is 8.21. The molecular weight excluding hydrogens is 380 g/mol. The van der Waals surface area contributed by atoms with Gasteiger partial charge in [0.15, 0.2) is 0 Å². The van der Waals surface area contributed by atoms with E-state index in [-0.39, 0.29) is 29.6 Å². The van der Waals surface area contributed by atoms with Crippen molar-refractivity contribution in [1.29, 1.82) is 0 Å². The molecule has 0 fully saturated rings. The molecule has 2 aromatic heterocycles. The topological polar surface area (TPSA) is 96.0 Å². The lowest BCUT2D eigenvalue weighted by Gasteiger charge is -2.13. The van der Waals surface area contributed by atoms with E-state index in [0.717, 1.165) is 12.1 Å². The summed E-state index contributed by atoms with van der Waals surface area (Å²) >= 11 is 0. The van der Waals surface area contributed by atoms with Crippen LogP contribution in [0.1, 0.15) is 23.0 Å². The summed E-state index contributed by atoms with van der Waals surface area (Å²) in [5.74, 6) is -1.69. The van der Waals surface area contributed by atoms with E-state index >= 15 is 0 Å². The van der Waals surface area contributed by atoms with Gasteiger partial charge in [-0.3, -0.25) is 9.59 Å². The molecule has 1 aliphatic heterocycles. The van der Waals surface area contributed by atoms with Crippen LogP contribution in [0.25, 0.3) is 11.3 Å². The molecule has 3 heterocycles. The van der Waals surface area contributed by atoms with Gasteiger partial charge >= 0.3 is 0 Å². The molecule has 0 saturated heterocycles. The second kappa shape index (κ2) is 7.27. The molecule has 9 heteroatoms. The Labute approximate surface area is 164 Å². The minimum atomic E-state index is -0.751. The van der Waals surface area contributed by atoms with Gasteiger partial charge < -0.3 is 16.0 Å². The van der Waals surface area contributed by atoms with Gasteiger partial charge in [0.25, 0.3) is 5.91 Å². The van der Waals surface area contributed by atoms with Crippen LogP contribution >= 0.6 is 0 Å². The predicted molar refractivity (Wildman–Crippen MR) is 103 cm³/mol. The van der Waals surface area contributed by atoms with Crippen LogP contribution in [0.5, 0.6) is 0 Å². The van der Waals surface area contributed by atoms with Gasteiger partial charge in [0, 0.05) is 6.92 Å². The third-order valence-corrected chi connectivity index (χ3v) is 4.30. The normalized spacial score (nSPS) is 12.3. The average molecular weight is 395 g/mol. The van der Waals surface area contributed by atoms with Crippen molar-refractivity contribution in [2.24, 2.45) is 0 Å². The van der Waals surface area contributed by atoms with Crippen molar-refractivity contribution in [2.45, 2.75) is 13.5 Å². The van der Waals surface area contributed by atoms with Crippen LogP contribution in [0.3, 0.4) is 0 Å². The summed E-state index contributed by atoms with van der Waals surface area (Å²) in [7, 11) is 0. The Balaban J connectivity index is 1.76. The quantitative estimate of drug-likeness (QED) is 0.630. The van der Waals surface area contributed by atoms with Crippen molar-refractivity contribution in [1.82, 2.24) is 15.3 Å². The van der Waals surface area contributed by atoms with E-state index in [9.17, 15) is 18.4 Å². The van der Waals surface area contributed by atoms with Crippen molar-refractivity contribution < 1.29 is 18.4 Å². The van der Waals surface area contributed by atoms with Gasteiger partial charge in [0.05, 0.1) is 46.6 Å². The highest BCUT2D eigenvalue weighted by atomic mass is 19.1. The molecule has 0 saturated carbocycles. The van der Waals surface area contributed by atoms with Crippen LogP contribution in [0.4, 0.5) is 26.0 Å². The van der Waals surface area contributed by atoms with E-state index in [1.165, 1.54) is 25.3 Å². The Kier molecular flexibility index (Phi) is 4.63. The van der Waals surface area contributed by atoms with Gasteiger partial charge in [-0.05, 0) is 30.3 Å². The van der Waals surface area contributed by atoms with Gasteiger partial charge in [0.2, 0.25) is 5.91 Å². The summed E-state index contributed by atoms with van der Waals surface area (Å²) in [6.07, 6.45) is 1.45. The number of fused-ring (bicyclic) bond motifs is 1. The first-order valence-electron chi connectivity index (χ1n) is 8.69. The maximum absolute atomic E-state index is 14.2. The van der Waals surface area contributed by atoms with Crippen molar-refractivity contribution >= 4 is 29.0 Å². The fraction of sp³-hybridized carbons (Fsp3) is 0.100. The number of anilines is 3. The first kappa shape index (κ1) is 18.5. The number of nitrogens with one attached hydrogen (secondary N) is 3. The lowest BCUT2D eigenvalue weighted by Crippen LogP contribution is -2.13. The Hall–Kier alpha value is -3.88. The van der Waals surface area contributed by atoms with E-state index < -0.39 is 11.6 Å². The van der Waals surface area contributed by atoms with E-state index in [2.05, 4.69) is 25.9 Å². The monoisotopic (exact) mass is 395 g/mol. The lowest BCUT2D eigenvalue weighted by atomic mass is 10.1. The van der Waals surface area contributed by atoms with Gasteiger partial charge in [-0.2, -0.15) is 0 Å². The predicted octanol–water partition coefficient (Wildman–Crippen LogP) is 3.37. The van der Waals surface area contributed by atoms with E-state index in [4.69, 9.17) is 0 Å². The van der Waals surface area contributed by atoms with Gasteiger partial charge in [0.1, 0.15) is 17.5 Å². The molecule has 0 unspecified atom stereocenters. The zero-order valence-electron chi connectivity index (χ0n) is 15.2. The van der Waals surface area contributed by atoms with Crippen LogP contribution < -0.4 is 16.0 Å². The third-order valence-electron chi connectivity index (χ3n) is 4.30. The first-order chi connectivity index (χ1) is 13.9. The zero-order valence-corrected chi connectivity index (χ0v) is 15.2. The second-order valence-electron chi connectivity index (χ2n) is 6.39. The molecule has 0 bridgehead atoms. The molecule has 4 rings (SSSR count). The summed E-state index contributed by atoms with van der Waals surface area (Å²) in [6.45, 7) is 1.54. The van der Waals surface area contributed by atoms with Crippen molar-refractivity contribution in [3.05, 3.63) is 65.5 Å². The van der Waals surface area contributed by atoms with Crippen molar-refractivity contribution in [3.8, 4) is 11.3 Å². The van der Waals surface area contributed by atoms with Gasteiger partial charge in [-0.25, -0.2) is 18.7 Å². The van der Waals surface area contributed by atoms with Gasteiger partial charge in [-0.1, -0.05) is 6.07 Å². The standard InChI is InChI=1S/C20H15F2N5O2/c1-10(28)25-11-5-6-17(23-8-11)27-15-7-14(18-12(21)3-2-4-13(18)22)26-16-9-24-20(29)19(15)16/h2-8H,9H2,1H3,(H,24,29)(H,25,28)(H,23,26,27). The number of pyridine rings is 2. The molecule has 0 aliphatic carbocycles. The smallest absolute Gasteiger partial charge is 0.255 e. The SMILES string of the molecule is CC(=O)Nc1ccc(Nc2cc(-c3c(F)cccc3F)nc3c2C(=O)NC3)nc1. The molecule has 3 aromatic rings. The number of hydrogen-bond acceptors (Lipinski definition) is 5. The second-order valence-corrected chi connectivity index (χ2v) is 6.39. The highest BCUT2D eigenvalue weighted by molar-refractivity contribution is 6.04. The van der Waals surface area contributed by atoms with E-state index in [1.54, 1.807) is 12.1 Å². The number of amides is 2. The number of hydrogen-bond donors (Lipinski definition) is 3. The highest BCUT2D eigenvalue weighted by Gasteiger charge is 2.27. The number of benzene rings is 1. The molecule has 29 heavy (non-hydrogen) atoms. The summed E-state index contributed by atoms with van der Waals surface area (Å²) in [5, 5.41) is 8.25. The summed E-state index contributed by atoms with van der Waals surface area (Å²) in [4.78, 5) is 31.8. The number of halogens is 2. The van der Waals surface area contributed by atoms with Crippen LogP contribution in [0, 0.1) is 11.6 Å². The van der Waals surface area contributed by atoms with Crippen LogP contribution in [0.2, 0.25) is 0 Å². The number of carbonyl (C=O) groups excluding carboxylic acids is 2. The fourth-order valence-corrected chi connectivity index (χ4v) is 3.08. The van der Waals surface area contributed by atoms with E-state index in [0.29, 0.717) is 28.5 Å². The molecule has 1 aromatic carbocycles. The highest BCUT2D eigenvalue weighted by Crippen LogP contribution is 2.33. The maximum atomic E-state index is 14.2. The zero-order chi connectivity index (χ0) is 20.5. The minimum absolute atomic E-state index is 0.0632. The van der Waals surface area contributed by atoms with Gasteiger partial charge in [-0.15, -0.1) is 0 Å². The largest absolute Gasteiger partial charge is 0.346 e. The van der Waals surface area contributed by atoms with E-state index in [1.807, 2.05) is 0 Å². The Morgan fingerprint density at radius 3 is 2.55 bits per heavy atom. The molecule has 0 radical (unpaired) electrons. The lowest BCUT2D eigenvalue weighted by molar-refractivity contribution is -0.114. The third kappa shape index (κ3) is 3.62. The molecule has 2 amide bonds. The number of nitrogens with zero attached hydrogens (tertiary/aromatic N) is 2. The van der Waals surface area contributed by atoms with Crippen LogP contribution in [-0.2, 0) is 11.3 Å². The number of rotatable bonds is 4. The Bertz CT molecular complexity index is 1110. The molecular formula is C20H15F2N5O2. The van der Waals surface area contributed by atoms with Crippen molar-refractivity contribution in [3.63, 3.8) is 0 Å². The average Bonchev–Trinajstić information content (AvgIpc) is 3.04. The molecule has 0 atom stereocenters. The van der Waals surface area contributed by atoms with Crippen LogP contribution in [-0.4, -0.2) is 21.8 Å². The maximum Gasteiger partial charge on any atom is 0.255 e. The Morgan fingerprint density at radius 2 is 1.90 bits per heavy atom. The minimum Gasteiger partial charge on any atom is -0.346 e. The molecule has 1 aliphatic rings. The van der Waals surface area contributed by atoms with Crippen LogP contribution in [0.15, 0.2) is 42.6 Å². The van der Waals surface area contributed by atoms with Crippen molar-refractivity contribution in [2.75, 3.05) is 10.6 Å². The number of aromatic nitrogens is 2. The summed E-state index contributed by atoms with van der Waals surface area (Å²) < 4.78 is 28.5. The number of carbonyl (C=O) groups is 2. The Morgan fingerprint density at radius 1 is 1.14 bits per heavy atom. The molecule has 3 N–H and O–H groups in total. The fourth-order valence-electron chi connectivity index (χ4n) is 3.08. The summed E-state index contributed by atoms with van der Waals surface area (Å²) in [5.41, 5.74) is 1.29.